The van der Waals surface area contributed by atoms with Crippen LogP contribution in [0, 0.1) is 6.92 Å². The second-order valence-corrected chi connectivity index (χ2v) is 8.69. The molecule has 0 fully saturated rings. The Balaban J connectivity index is 2.29. The number of hydrogen-bond acceptors (Lipinski definition) is 4. The van der Waals surface area contributed by atoms with E-state index in [-0.39, 0.29) is 11.4 Å². The van der Waals surface area contributed by atoms with E-state index >= 15 is 0 Å². The SMILES string of the molecule is CCc1c(C)sc(NC(=S)Nc2ccccc2C(C)(C)C)c1C(=O)OC. The predicted octanol–water partition coefficient (Wildman–Crippen LogP) is 5.51. The van der Waals surface area contributed by atoms with Crippen molar-refractivity contribution in [2.75, 3.05) is 17.7 Å². The minimum Gasteiger partial charge on any atom is -0.465 e. The van der Waals surface area contributed by atoms with E-state index in [9.17, 15) is 4.79 Å². The van der Waals surface area contributed by atoms with Gasteiger partial charge in [0.1, 0.15) is 5.00 Å². The lowest BCUT2D eigenvalue weighted by Crippen LogP contribution is -2.23. The summed E-state index contributed by atoms with van der Waals surface area (Å²) in [5.74, 6) is -0.341. The summed E-state index contributed by atoms with van der Waals surface area (Å²) in [5, 5.41) is 7.63. The first-order valence-electron chi connectivity index (χ1n) is 8.57. The van der Waals surface area contributed by atoms with Crippen LogP contribution in [0.1, 0.15) is 54.1 Å². The van der Waals surface area contributed by atoms with Crippen molar-refractivity contribution in [1.82, 2.24) is 0 Å². The van der Waals surface area contributed by atoms with Gasteiger partial charge in [-0.1, -0.05) is 45.9 Å². The number of para-hydroxylation sites is 1. The first kappa shape index (κ1) is 20.4. The quantitative estimate of drug-likeness (QED) is 0.532. The third-order valence-electron chi connectivity index (χ3n) is 4.16. The van der Waals surface area contributed by atoms with Crippen molar-refractivity contribution < 1.29 is 9.53 Å². The third-order valence-corrected chi connectivity index (χ3v) is 5.43. The van der Waals surface area contributed by atoms with Gasteiger partial charge in [0, 0.05) is 10.6 Å². The van der Waals surface area contributed by atoms with Crippen molar-refractivity contribution in [2.24, 2.45) is 0 Å². The van der Waals surface area contributed by atoms with E-state index < -0.39 is 0 Å². The van der Waals surface area contributed by atoms with Crippen LogP contribution in [0.4, 0.5) is 10.7 Å². The number of carbonyl (C=O) groups is 1. The number of ether oxygens (including phenoxy) is 1. The maximum atomic E-state index is 12.2. The fraction of sp³-hybridized carbons (Fsp3) is 0.400. The highest BCUT2D eigenvalue weighted by atomic mass is 32.1. The Hall–Kier alpha value is -1.92. The lowest BCUT2D eigenvalue weighted by Gasteiger charge is -2.23. The second-order valence-electron chi connectivity index (χ2n) is 7.06. The standard InChI is InChI=1S/C20H26N2O2S2/c1-7-13-12(2)26-17(16(13)18(23)24-6)22-19(25)21-15-11-9-8-10-14(15)20(3,4)5/h8-11H,7H2,1-6H3,(H2,21,22,25). The molecule has 0 spiro atoms. The zero-order valence-electron chi connectivity index (χ0n) is 16.1. The molecule has 2 N–H and O–H groups in total. The number of carbonyl (C=O) groups excluding carboxylic acids is 1. The lowest BCUT2D eigenvalue weighted by atomic mass is 9.86. The van der Waals surface area contributed by atoms with Gasteiger partial charge in [-0.05, 0) is 48.2 Å². The molecule has 2 rings (SSSR count). The topological polar surface area (TPSA) is 50.4 Å². The highest BCUT2D eigenvalue weighted by Gasteiger charge is 2.23. The number of thiocarbonyl (C=S) groups is 1. The number of rotatable bonds is 4. The zero-order chi connectivity index (χ0) is 19.5. The van der Waals surface area contributed by atoms with E-state index in [1.807, 2.05) is 32.0 Å². The van der Waals surface area contributed by atoms with E-state index in [4.69, 9.17) is 17.0 Å². The molecule has 0 aliphatic heterocycles. The van der Waals surface area contributed by atoms with Crippen LogP contribution < -0.4 is 10.6 Å². The summed E-state index contributed by atoms with van der Waals surface area (Å²) in [6.45, 7) is 10.5. The maximum Gasteiger partial charge on any atom is 0.341 e. The molecule has 0 saturated heterocycles. The van der Waals surface area contributed by atoms with Crippen LogP contribution in [-0.4, -0.2) is 18.2 Å². The molecule has 1 aromatic heterocycles. The van der Waals surface area contributed by atoms with Crippen LogP contribution in [0.3, 0.4) is 0 Å². The van der Waals surface area contributed by atoms with Crippen molar-refractivity contribution in [3.63, 3.8) is 0 Å². The van der Waals surface area contributed by atoms with Gasteiger partial charge in [-0.2, -0.15) is 0 Å². The summed E-state index contributed by atoms with van der Waals surface area (Å²) < 4.78 is 4.96. The molecule has 0 bridgehead atoms. The molecular weight excluding hydrogens is 364 g/mol. The molecule has 140 valence electrons. The van der Waals surface area contributed by atoms with Gasteiger partial charge in [0.2, 0.25) is 0 Å². The normalized spacial score (nSPS) is 11.2. The Labute approximate surface area is 165 Å². The second kappa shape index (κ2) is 8.18. The summed E-state index contributed by atoms with van der Waals surface area (Å²) >= 11 is 7.02. The van der Waals surface area contributed by atoms with Gasteiger partial charge in [0.15, 0.2) is 5.11 Å². The Morgan fingerprint density at radius 1 is 1.23 bits per heavy atom. The van der Waals surface area contributed by atoms with Gasteiger partial charge >= 0.3 is 5.97 Å². The number of esters is 1. The minimum absolute atomic E-state index is 0.00865. The van der Waals surface area contributed by atoms with Crippen LogP contribution in [0.5, 0.6) is 0 Å². The van der Waals surface area contributed by atoms with Gasteiger partial charge in [-0.25, -0.2) is 4.79 Å². The molecule has 2 aromatic rings. The molecular formula is C20H26N2O2S2. The van der Waals surface area contributed by atoms with E-state index in [2.05, 4.69) is 37.5 Å². The first-order valence-corrected chi connectivity index (χ1v) is 9.79. The van der Waals surface area contributed by atoms with E-state index in [0.29, 0.717) is 10.7 Å². The molecule has 0 amide bonds. The third kappa shape index (κ3) is 4.43. The monoisotopic (exact) mass is 390 g/mol. The average Bonchev–Trinajstić information content (AvgIpc) is 2.88. The van der Waals surface area contributed by atoms with Crippen molar-refractivity contribution in [2.45, 2.75) is 46.5 Å². The van der Waals surface area contributed by atoms with Crippen molar-refractivity contribution in [1.29, 1.82) is 0 Å². The molecule has 26 heavy (non-hydrogen) atoms. The van der Waals surface area contributed by atoms with Crippen LogP contribution in [0.15, 0.2) is 24.3 Å². The molecule has 0 unspecified atom stereocenters. The van der Waals surface area contributed by atoms with E-state index in [0.717, 1.165) is 27.5 Å². The van der Waals surface area contributed by atoms with Crippen LogP contribution in [0.2, 0.25) is 0 Å². The highest BCUT2D eigenvalue weighted by molar-refractivity contribution is 7.80. The molecule has 0 aliphatic rings. The summed E-state index contributed by atoms with van der Waals surface area (Å²) in [5.41, 5.74) is 3.70. The van der Waals surface area contributed by atoms with Crippen molar-refractivity contribution >= 4 is 45.3 Å². The Morgan fingerprint density at radius 3 is 2.46 bits per heavy atom. The molecule has 6 heteroatoms. The van der Waals surface area contributed by atoms with Crippen LogP contribution >= 0.6 is 23.6 Å². The maximum absolute atomic E-state index is 12.2. The largest absolute Gasteiger partial charge is 0.465 e. The number of nitrogens with one attached hydrogen (secondary N) is 2. The van der Waals surface area contributed by atoms with Crippen molar-refractivity contribution in [3.05, 3.63) is 45.8 Å². The Kier molecular flexibility index (Phi) is 6.42. The predicted molar refractivity (Wildman–Crippen MR) is 115 cm³/mol. The summed E-state index contributed by atoms with van der Waals surface area (Å²) in [6.07, 6.45) is 0.765. The number of aryl methyl sites for hydroxylation is 1. The summed E-state index contributed by atoms with van der Waals surface area (Å²) in [6, 6.07) is 8.10. The number of methoxy groups -OCH3 is 1. The molecule has 1 heterocycles. The smallest absolute Gasteiger partial charge is 0.341 e. The van der Waals surface area contributed by atoms with E-state index in [1.165, 1.54) is 24.0 Å². The van der Waals surface area contributed by atoms with Crippen molar-refractivity contribution in [3.8, 4) is 0 Å². The fourth-order valence-electron chi connectivity index (χ4n) is 2.91. The van der Waals surface area contributed by atoms with Gasteiger partial charge < -0.3 is 15.4 Å². The van der Waals surface area contributed by atoms with E-state index in [1.54, 1.807) is 0 Å². The van der Waals surface area contributed by atoms with Crippen LogP contribution in [0.25, 0.3) is 0 Å². The van der Waals surface area contributed by atoms with Gasteiger partial charge in [-0.3, -0.25) is 0 Å². The molecule has 1 aromatic carbocycles. The average molecular weight is 391 g/mol. The molecule has 0 radical (unpaired) electrons. The van der Waals surface area contributed by atoms with Gasteiger partial charge in [-0.15, -0.1) is 11.3 Å². The summed E-state index contributed by atoms with van der Waals surface area (Å²) in [4.78, 5) is 13.3. The lowest BCUT2D eigenvalue weighted by molar-refractivity contribution is 0.0601. The van der Waals surface area contributed by atoms with Gasteiger partial charge in [0.05, 0.1) is 12.7 Å². The minimum atomic E-state index is -0.341. The Morgan fingerprint density at radius 2 is 1.88 bits per heavy atom. The molecule has 0 aliphatic carbocycles. The molecule has 4 nitrogen and oxygen atoms in total. The number of anilines is 2. The number of benzene rings is 1. The first-order chi connectivity index (χ1) is 12.2. The fourth-order valence-corrected chi connectivity index (χ4v) is 4.33. The molecule has 0 saturated carbocycles. The number of hydrogen-bond donors (Lipinski definition) is 2. The molecule has 0 atom stereocenters. The highest BCUT2D eigenvalue weighted by Crippen LogP contribution is 2.34. The zero-order valence-corrected chi connectivity index (χ0v) is 17.8. The number of thiophene rings is 1. The Bertz CT molecular complexity index is 820. The van der Waals surface area contributed by atoms with Crippen LogP contribution in [-0.2, 0) is 16.6 Å². The summed E-state index contributed by atoms with van der Waals surface area (Å²) in [7, 11) is 1.40. The van der Waals surface area contributed by atoms with Gasteiger partial charge in [0.25, 0.3) is 0 Å².